The number of rotatable bonds is 8. The summed E-state index contributed by atoms with van der Waals surface area (Å²) >= 11 is 0. The molecule has 8 nitrogen and oxygen atoms in total. The molecular weight excluding hydrogens is 456 g/mol. The molecule has 1 aliphatic heterocycles. The van der Waals surface area contributed by atoms with Crippen LogP contribution in [0.25, 0.3) is 5.69 Å². The second kappa shape index (κ2) is 10.9. The predicted octanol–water partition coefficient (Wildman–Crippen LogP) is 3.19. The lowest BCUT2D eigenvalue weighted by molar-refractivity contribution is 0.159. The van der Waals surface area contributed by atoms with Gasteiger partial charge in [-0.25, -0.2) is 18.3 Å². The SMILES string of the molecule is COCCN1C[C@@H](NC(=O)Nc2c(C)c(CO)nn2-c2ccccc2)[C@H](c2ccc(F)c(F)c2)C1. The van der Waals surface area contributed by atoms with Crippen LogP contribution in [-0.4, -0.2) is 65.2 Å². The second-order valence-corrected chi connectivity index (χ2v) is 8.56. The first-order valence-electron chi connectivity index (χ1n) is 11.4. The Balaban J connectivity index is 1.56. The zero-order chi connectivity index (χ0) is 24.9. The van der Waals surface area contributed by atoms with Gasteiger partial charge < -0.3 is 15.2 Å². The monoisotopic (exact) mass is 485 g/mol. The number of hydrogen-bond donors (Lipinski definition) is 3. The zero-order valence-corrected chi connectivity index (χ0v) is 19.7. The minimum Gasteiger partial charge on any atom is -0.390 e. The van der Waals surface area contributed by atoms with Crippen LogP contribution in [0.3, 0.4) is 0 Å². The van der Waals surface area contributed by atoms with Gasteiger partial charge in [-0.1, -0.05) is 24.3 Å². The van der Waals surface area contributed by atoms with Gasteiger partial charge in [0.1, 0.15) is 5.82 Å². The number of halogens is 2. The van der Waals surface area contributed by atoms with E-state index in [1.807, 2.05) is 30.3 Å². The number of likely N-dealkylation sites (tertiary alicyclic amines) is 1. The van der Waals surface area contributed by atoms with E-state index < -0.39 is 17.7 Å². The Morgan fingerprint density at radius 2 is 1.94 bits per heavy atom. The second-order valence-electron chi connectivity index (χ2n) is 8.56. The summed E-state index contributed by atoms with van der Waals surface area (Å²) in [6.07, 6.45) is 0. The molecule has 35 heavy (non-hydrogen) atoms. The molecule has 2 heterocycles. The number of ether oxygens (including phenoxy) is 1. The van der Waals surface area contributed by atoms with Crippen LogP contribution in [0.4, 0.5) is 19.4 Å². The topological polar surface area (TPSA) is 91.7 Å². The fraction of sp³-hybridized carbons (Fsp3) is 0.360. The smallest absolute Gasteiger partial charge is 0.320 e. The molecule has 1 saturated heterocycles. The van der Waals surface area contributed by atoms with Crippen LogP contribution in [0, 0.1) is 18.6 Å². The molecule has 2 aromatic carbocycles. The predicted molar refractivity (Wildman–Crippen MR) is 128 cm³/mol. The number of aromatic nitrogens is 2. The van der Waals surface area contributed by atoms with Crippen LogP contribution in [0.5, 0.6) is 0 Å². The Morgan fingerprint density at radius 3 is 2.63 bits per heavy atom. The Hall–Kier alpha value is -3.34. The number of nitrogens with zero attached hydrogens (tertiary/aromatic N) is 3. The maximum absolute atomic E-state index is 14.0. The highest BCUT2D eigenvalue weighted by Crippen LogP contribution is 2.29. The highest BCUT2D eigenvalue weighted by molar-refractivity contribution is 5.90. The highest BCUT2D eigenvalue weighted by atomic mass is 19.2. The molecule has 2 amide bonds. The quantitative estimate of drug-likeness (QED) is 0.456. The number of methoxy groups -OCH3 is 1. The van der Waals surface area contributed by atoms with E-state index in [4.69, 9.17) is 4.74 Å². The third-order valence-corrected chi connectivity index (χ3v) is 6.30. The fourth-order valence-electron chi connectivity index (χ4n) is 4.42. The zero-order valence-electron chi connectivity index (χ0n) is 19.7. The van der Waals surface area contributed by atoms with Crippen LogP contribution in [0.2, 0.25) is 0 Å². The van der Waals surface area contributed by atoms with Crippen molar-refractivity contribution >= 4 is 11.8 Å². The van der Waals surface area contributed by atoms with Gasteiger partial charge in [0.25, 0.3) is 0 Å². The molecule has 0 radical (unpaired) electrons. The van der Waals surface area contributed by atoms with Crippen LogP contribution < -0.4 is 10.6 Å². The molecule has 0 saturated carbocycles. The first-order valence-corrected chi connectivity index (χ1v) is 11.4. The molecule has 1 aliphatic rings. The number of para-hydroxylation sites is 1. The largest absolute Gasteiger partial charge is 0.390 e. The normalized spacial score (nSPS) is 18.1. The molecular formula is C25H29F2N5O3. The number of nitrogens with one attached hydrogen (secondary N) is 2. The van der Waals surface area contributed by atoms with Crippen molar-refractivity contribution in [1.82, 2.24) is 20.0 Å². The average Bonchev–Trinajstić information content (AvgIpc) is 3.40. The Labute approximate surface area is 202 Å². The van der Waals surface area contributed by atoms with E-state index in [2.05, 4.69) is 20.6 Å². The molecule has 3 N–H and O–H groups in total. The van der Waals surface area contributed by atoms with Gasteiger partial charge in [0.05, 0.1) is 30.6 Å². The lowest BCUT2D eigenvalue weighted by Crippen LogP contribution is -2.42. The molecule has 0 bridgehead atoms. The number of benzene rings is 2. The molecule has 3 aromatic rings. The van der Waals surface area contributed by atoms with Crippen LogP contribution in [0.1, 0.15) is 22.7 Å². The Morgan fingerprint density at radius 1 is 1.17 bits per heavy atom. The van der Waals surface area contributed by atoms with E-state index in [1.54, 1.807) is 24.8 Å². The van der Waals surface area contributed by atoms with Crippen LogP contribution in [0.15, 0.2) is 48.5 Å². The van der Waals surface area contributed by atoms with E-state index in [9.17, 15) is 18.7 Å². The van der Waals surface area contributed by atoms with Crippen molar-refractivity contribution in [3.05, 3.63) is 77.0 Å². The van der Waals surface area contributed by atoms with E-state index >= 15 is 0 Å². The summed E-state index contributed by atoms with van der Waals surface area (Å²) in [5, 5.41) is 20.0. The van der Waals surface area contributed by atoms with E-state index in [1.165, 1.54) is 6.07 Å². The van der Waals surface area contributed by atoms with E-state index in [0.29, 0.717) is 48.9 Å². The molecule has 0 aliphatic carbocycles. The number of carbonyl (C=O) groups is 1. The van der Waals surface area contributed by atoms with Gasteiger partial charge in [0, 0.05) is 38.2 Å². The third kappa shape index (κ3) is 5.50. The number of urea groups is 1. The van der Waals surface area contributed by atoms with Gasteiger partial charge in [-0.15, -0.1) is 0 Å². The molecule has 186 valence electrons. The number of anilines is 1. The van der Waals surface area contributed by atoms with Gasteiger partial charge in [-0.05, 0) is 36.8 Å². The lowest BCUT2D eigenvalue weighted by atomic mass is 9.94. The summed E-state index contributed by atoms with van der Waals surface area (Å²) in [6, 6.07) is 12.3. The highest BCUT2D eigenvalue weighted by Gasteiger charge is 2.35. The van der Waals surface area contributed by atoms with Crippen molar-refractivity contribution in [1.29, 1.82) is 0 Å². The number of aliphatic hydroxyl groups is 1. The summed E-state index contributed by atoms with van der Waals surface area (Å²) in [7, 11) is 1.62. The van der Waals surface area contributed by atoms with Crippen molar-refractivity contribution in [2.24, 2.45) is 0 Å². The van der Waals surface area contributed by atoms with E-state index in [0.717, 1.165) is 11.8 Å². The first kappa shape index (κ1) is 24.8. The summed E-state index contributed by atoms with van der Waals surface area (Å²) in [5.41, 5.74) is 2.45. The minimum absolute atomic E-state index is 0.235. The summed E-state index contributed by atoms with van der Waals surface area (Å²) < 4.78 is 34.2. The van der Waals surface area contributed by atoms with Crippen molar-refractivity contribution in [3.63, 3.8) is 0 Å². The van der Waals surface area contributed by atoms with Gasteiger partial charge in [-0.3, -0.25) is 10.2 Å². The van der Waals surface area contributed by atoms with Crippen molar-refractivity contribution in [2.75, 3.05) is 38.7 Å². The van der Waals surface area contributed by atoms with E-state index in [-0.39, 0.29) is 18.6 Å². The average molecular weight is 486 g/mol. The minimum atomic E-state index is -0.917. The van der Waals surface area contributed by atoms with Crippen LogP contribution in [-0.2, 0) is 11.3 Å². The number of hydrogen-bond acceptors (Lipinski definition) is 5. The standard InChI is InChI=1S/C25H29F2N5O3/c1-16-23(15-33)30-32(18-6-4-3-5-7-18)24(16)29-25(34)28-22-14-31(10-11-35-2)13-19(22)17-8-9-20(26)21(27)12-17/h3-9,12,19,22,33H,10-11,13-15H2,1-2H3,(H2,28,29,34)/t19-,22+/m0/s1. The number of amides is 2. The van der Waals surface area contributed by atoms with Gasteiger partial charge >= 0.3 is 6.03 Å². The molecule has 2 atom stereocenters. The number of carbonyl (C=O) groups excluding carboxylic acids is 1. The van der Waals surface area contributed by atoms with Gasteiger partial charge in [0.15, 0.2) is 11.6 Å². The third-order valence-electron chi connectivity index (χ3n) is 6.30. The molecule has 0 spiro atoms. The Bertz CT molecular complexity index is 1170. The van der Waals surface area contributed by atoms with Crippen molar-refractivity contribution in [3.8, 4) is 5.69 Å². The molecule has 4 rings (SSSR count). The summed E-state index contributed by atoms with van der Waals surface area (Å²) in [5.74, 6) is -1.62. The summed E-state index contributed by atoms with van der Waals surface area (Å²) in [6.45, 7) is 3.77. The first-order chi connectivity index (χ1) is 16.9. The Kier molecular flexibility index (Phi) is 7.74. The lowest BCUT2D eigenvalue weighted by Gasteiger charge is -2.21. The van der Waals surface area contributed by atoms with Crippen molar-refractivity contribution in [2.45, 2.75) is 25.5 Å². The molecule has 1 fully saturated rings. The maximum Gasteiger partial charge on any atom is 0.320 e. The number of aliphatic hydroxyl groups excluding tert-OH is 1. The molecule has 1 aromatic heterocycles. The van der Waals surface area contributed by atoms with Crippen molar-refractivity contribution < 1.29 is 23.4 Å². The van der Waals surface area contributed by atoms with Gasteiger partial charge in [0.2, 0.25) is 0 Å². The van der Waals surface area contributed by atoms with Gasteiger partial charge in [-0.2, -0.15) is 5.10 Å². The molecule has 10 heteroatoms. The molecule has 0 unspecified atom stereocenters. The maximum atomic E-state index is 14.0. The van der Waals surface area contributed by atoms with Crippen LogP contribution >= 0.6 is 0 Å². The fourth-order valence-corrected chi connectivity index (χ4v) is 4.42. The summed E-state index contributed by atoms with van der Waals surface area (Å²) in [4.78, 5) is 15.2.